The second-order valence-electron chi connectivity index (χ2n) is 10.6. The summed E-state index contributed by atoms with van der Waals surface area (Å²) in [5, 5.41) is 9.89. The Morgan fingerprint density at radius 1 is 1.09 bits per heavy atom. The molecule has 0 fully saturated rings. The predicted molar refractivity (Wildman–Crippen MR) is 140 cm³/mol. The van der Waals surface area contributed by atoms with E-state index in [-0.39, 0.29) is 18.4 Å². The minimum atomic E-state index is -1.81. The fourth-order valence-corrected chi connectivity index (χ4v) is 12.1. The maximum Gasteiger partial charge on any atom is 0.333 e. The molecule has 7 heteroatoms. The van der Waals surface area contributed by atoms with Crippen LogP contribution < -0.4 is 0 Å². The second kappa shape index (κ2) is 14.7. The van der Waals surface area contributed by atoms with Crippen molar-refractivity contribution in [2.24, 2.45) is 0 Å². The number of aliphatic hydroxyl groups excluding tert-OH is 1. The third-order valence-electron chi connectivity index (χ3n) is 7.13. The molecule has 0 saturated heterocycles. The average molecular weight is 489 g/mol. The Labute approximate surface area is 200 Å². The van der Waals surface area contributed by atoms with Gasteiger partial charge in [-0.2, -0.15) is 0 Å². The minimum Gasteiger partial charge on any atom is -0.460 e. The average Bonchev–Trinajstić information content (AvgIpc) is 2.71. The molecule has 0 saturated carbocycles. The van der Waals surface area contributed by atoms with Gasteiger partial charge in [0.05, 0.1) is 14.7 Å². The van der Waals surface area contributed by atoms with Crippen LogP contribution in [-0.2, 0) is 18.7 Å². The highest BCUT2D eigenvalue weighted by atomic mass is 28.4. The van der Waals surface area contributed by atoms with Crippen molar-refractivity contribution in [1.29, 1.82) is 0 Å². The first-order valence-corrected chi connectivity index (χ1v) is 18.7. The van der Waals surface area contributed by atoms with Crippen molar-refractivity contribution in [3.63, 3.8) is 0 Å². The molecule has 0 aliphatic rings. The lowest BCUT2D eigenvalue weighted by molar-refractivity contribution is -0.143. The van der Waals surface area contributed by atoms with Crippen molar-refractivity contribution in [3.05, 3.63) is 12.2 Å². The van der Waals surface area contributed by atoms with Crippen molar-refractivity contribution in [2.75, 3.05) is 19.8 Å². The lowest BCUT2D eigenvalue weighted by Crippen LogP contribution is -2.59. The maximum absolute atomic E-state index is 11.4. The fourth-order valence-electron chi connectivity index (χ4n) is 4.29. The molecule has 32 heavy (non-hydrogen) atoms. The number of carbonyl (C=O) groups is 1. The minimum absolute atomic E-state index is 0.0430. The molecule has 0 aromatic heterocycles. The summed E-state index contributed by atoms with van der Waals surface area (Å²) in [5.41, 5.74) is 1.04. The van der Waals surface area contributed by atoms with Crippen LogP contribution in [0.15, 0.2) is 12.2 Å². The number of rotatable bonds is 18. The van der Waals surface area contributed by atoms with Gasteiger partial charge in [-0.15, -0.1) is 0 Å². The molecule has 3 atom stereocenters. The number of carbonyl (C=O) groups excluding carboxylic acids is 1. The van der Waals surface area contributed by atoms with Crippen LogP contribution in [0.25, 0.3) is 0 Å². The highest BCUT2D eigenvalue weighted by Crippen LogP contribution is 2.40. The number of ether oxygens (including phenoxy) is 2. The molecule has 5 nitrogen and oxygen atoms in total. The van der Waals surface area contributed by atoms with Crippen LogP contribution in [-0.4, -0.2) is 58.6 Å². The topological polar surface area (TPSA) is 65.0 Å². The zero-order chi connectivity index (χ0) is 25.0. The molecule has 0 rings (SSSR count). The van der Waals surface area contributed by atoms with E-state index in [1.807, 2.05) is 0 Å². The van der Waals surface area contributed by atoms with Gasteiger partial charge in [0.15, 0.2) is 8.32 Å². The van der Waals surface area contributed by atoms with Gasteiger partial charge in [0.1, 0.15) is 12.7 Å². The number of hydrogen-bond acceptors (Lipinski definition) is 5. The van der Waals surface area contributed by atoms with E-state index in [1.54, 1.807) is 6.92 Å². The highest BCUT2D eigenvalue weighted by molar-refractivity contribution is 6.82. The van der Waals surface area contributed by atoms with E-state index in [9.17, 15) is 9.90 Å². The molecule has 0 radical (unpaired) electrons. The lowest BCUT2D eigenvalue weighted by Gasteiger charge is -2.49. The van der Waals surface area contributed by atoms with E-state index in [1.165, 1.54) is 25.7 Å². The Morgan fingerprint density at radius 3 is 2.22 bits per heavy atom. The van der Waals surface area contributed by atoms with Gasteiger partial charge in [-0.1, -0.05) is 72.2 Å². The van der Waals surface area contributed by atoms with E-state index >= 15 is 0 Å². The summed E-state index contributed by atoms with van der Waals surface area (Å²) < 4.78 is 17.7. The monoisotopic (exact) mass is 488 g/mol. The summed E-state index contributed by atoms with van der Waals surface area (Å²) in [6.45, 7) is 24.7. The zero-order valence-corrected chi connectivity index (χ0v) is 24.5. The lowest BCUT2D eigenvalue weighted by atomic mass is 10.2. The van der Waals surface area contributed by atoms with Crippen LogP contribution in [0.2, 0.25) is 37.8 Å². The zero-order valence-electron chi connectivity index (χ0n) is 22.5. The van der Waals surface area contributed by atoms with Gasteiger partial charge < -0.3 is 19.0 Å². The Hall–Kier alpha value is -0.476. The maximum atomic E-state index is 11.4. The number of hydrogen-bond donors (Lipinski definition) is 1. The highest BCUT2D eigenvalue weighted by Gasteiger charge is 2.47. The van der Waals surface area contributed by atoms with Crippen molar-refractivity contribution < 1.29 is 23.8 Å². The first-order valence-electron chi connectivity index (χ1n) is 12.5. The van der Waals surface area contributed by atoms with Gasteiger partial charge in [0, 0.05) is 17.4 Å². The van der Waals surface area contributed by atoms with Crippen LogP contribution in [0.4, 0.5) is 0 Å². The molecule has 1 N–H and O–H groups in total. The molecule has 0 heterocycles. The van der Waals surface area contributed by atoms with Crippen LogP contribution in [0.3, 0.4) is 0 Å². The van der Waals surface area contributed by atoms with Crippen LogP contribution >= 0.6 is 0 Å². The smallest absolute Gasteiger partial charge is 0.333 e. The van der Waals surface area contributed by atoms with Gasteiger partial charge in [-0.05, 0) is 45.3 Å². The largest absolute Gasteiger partial charge is 0.460 e. The van der Waals surface area contributed by atoms with Crippen LogP contribution in [0.5, 0.6) is 0 Å². The summed E-state index contributed by atoms with van der Waals surface area (Å²) in [6, 6.07) is 1.12. The van der Waals surface area contributed by atoms with E-state index in [4.69, 9.17) is 13.9 Å². The van der Waals surface area contributed by atoms with E-state index < -0.39 is 28.5 Å². The van der Waals surface area contributed by atoms with E-state index in [0.29, 0.717) is 17.7 Å². The van der Waals surface area contributed by atoms with E-state index in [2.05, 4.69) is 60.5 Å². The first kappa shape index (κ1) is 31.5. The number of unbranched alkanes of at least 4 members (excludes halogenated alkanes) is 1. The molecular formula is C25H52O5Si2. The fraction of sp³-hybridized carbons (Fsp3) is 0.880. The van der Waals surface area contributed by atoms with E-state index in [0.717, 1.165) is 18.9 Å². The summed E-state index contributed by atoms with van der Waals surface area (Å²) in [6.07, 6.45) is 6.21. The van der Waals surface area contributed by atoms with Gasteiger partial charge in [-0.3, -0.25) is 0 Å². The second-order valence-corrected chi connectivity index (χ2v) is 20.2. The van der Waals surface area contributed by atoms with Crippen molar-refractivity contribution in [1.82, 2.24) is 0 Å². The number of aliphatic hydroxyl groups is 1. The van der Waals surface area contributed by atoms with Crippen molar-refractivity contribution >= 4 is 22.4 Å². The molecule has 0 aliphatic carbocycles. The Morgan fingerprint density at radius 2 is 1.72 bits per heavy atom. The quantitative estimate of drug-likeness (QED) is 0.103. The normalized spacial score (nSPS) is 16.3. The molecule has 0 aromatic carbocycles. The first-order chi connectivity index (χ1) is 14.8. The Balaban J connectivity index is 4.70. The third-order valence-corrected chi connectivity index (χ3v) is 15.9. The molecule has 0 aromatic rings. The van der Waals surface area contributed by atoms with Crippen molar-refractivity contribution in [2.45, 2.75) is 122 Å². The molecule has 190 valence electrons. The van der Waals surface area contributed by atoms with Crippen LogP contribution in [0, 0.1) is 0 Å². The summed E-state index contributed by atoms with van der Waals surface area (Å²) in [4.78, 5) is 11.4. The summed E-state index contributed by atoms with van der Waals surface area (Å²) >= 11 is 0. The number of esters is 1. The van der Waals surface area contributed by atoms with Gasteiger partial charge in [-0.25, -0.2) is 4.79 Å². The van der Waals surface area contributed by atoms with Crippen molar-refractivity contribution in [3.8, 4) is 0 Å². The van der Waals surface area contributed by atoms with Gasteiger partial charge in [0.2, 0.25) is 0 Å². The Bertz CT molecular complexity index is 565. The summed E-state index contributed by atoms with van der Waals surface area (Å²) in [5.74, 6) is -0.484. The Kier molecular flexibility index (Phi) is 14.5. The predicted octanol–water partition coefficient (Wildman–Crippen LogP) is 6.48. The third kappa shape index (κ3) is 10.6. The van der Waals surface area contributed by atoms with Crippen LogP contribution in [0.1, 0.15) is 73.1 Å². The SMILES string of the molecule is C=C(C)C(=O)OCC(O)COCCC[Si](C)(C)C(C)(CC)O[Si](C)(C)C(CC)CCCC. The standard InChI is InChI=1S/C25H52O5Si2/c1-11-14-16-23(12-2)32(9,10)30-25(6,13-3)31(7,8)18-15-17-28-19-22(26)20-29-24(27)21(4)5/h22-23,26H,4,11-20H2,1-3,5-10H3. The summed E-state index contributed by atoms with van der Waals surface area (Å²) in [7, 11) is -3.49. The van der Waals surface area contributed by atoms with Gasteiger partial charge in [0.25, 0.3) is 0 Å². The molecule has 0 spiro atoms. The molecule has 3 unspecified atom stereocenters. The molecular weight excluding hydrogens is 436 g/mol. The van der Waals surface area contributed by atoms with Gasteiger partial charge >= 0.3 is 5.97 Å². The molecule has 0 bridgehead atoms. The molecule has 0 aliphatic heterocycles. The molecule has 0 amide bonds.